The van der Waals surface area contributed by atoms with E-state index in [1.165, 1.54) is 59.9 Å². The Bertz CT molecular complexity index is 8420. The number of para-hydroxylation sites is 4. The van der Waals surface area contributed by atoms with Crippen molar-refractivity contribution in [3.63, 3.8) is 0 Å². The molecule has 20 aromatic carbocycles. The molecule has 1 unspecified atom stereocenters. The number of hydrogen-bond donors (Lipinski definition) is 0. The maximum absolute atomic E-state index is 17.3. The number of allylic oxidation sites excluding steroid dienone is 4. The minimum absolute atomic E-state index is 0.0914. The van der Waals surface area contributed by atoms with E-state index in [0.717, 1.165) is 168 Å². The fourth-order valence-electron chi connectivity index (χ4n) is 21.0. The second kappa shape index (κ2) is 34.3. The summed E-state index contributed by atoms with van der Waals surface area (Å²) in [7, 11) is -2.87. The summed E-state index contributed by atoms with van der Waals surface area (Å²) >= 11 is 0. The predicted molar refractivity (Wildman–Crippen MR) is 582 cm³/mol. The molecule has 9 heteroatoms. The van der Waals surface area contributed by atoms with Gasteiger partial charge in [-0.3, -0.25) is 0 Å². The maximum atomic E-state index is 17.3. The van der Waals surface area contributed by atoms with Crippen LogP contribution in [-0.2, 0) is 5.41 Å². The van der Waals surface area contributed by atoms with Crippen molar-refractivity contribution in [1.82, 2.24) is 0 Å². The van der Waals surface area contributed by atoms with Crippen molar-refractivity contribution >= 4 is 182 Å². The van der Waals surface area contributed by atoms with Gasteiger partial charge in [0.05, 0.1) is 27.5 Å². The SMILES string of the molecule is CC1(C)c2ccccc2-c2ccc(N(c3ccccc3)c3ccc4c(c3)oc3c5ccc(-c6ccc(N(c7ccccc7)c7ccc([Si](C)(C)C)cc7)cc6)cc5c5ccccc5c43)cc21.C[Si](C)(C)c1ccc(N(c2ccccc2)c2ccc(-c3ccc4c(c3)c3ccccc3c3c5ccc(N(c6ccccc6)c6c(F)cc(C7C=CC=CC7)cc6-c6ccccc6)cc5oc43)cc2)cc1. The largest absolute Gasteiger partial charge is 0.455 e. The highest BCUT2D eigenvalue weighted by Crippen LogP contribution is 2.54. The summed E-state index contributed by atoms with van der Waals surface area (Å²) in [6.45, 7) is 19.1. The third-order valence-electron chi connectivity index (χ3n) is 28.0. The van der Waals surface area contributed by atoms with Gasteiger partial charge in [-0.05, 0) is 264 Å². The van der Waals surface area contributed by atoms with E-state index in [-0.39, 0.29) is 17.2 Å². The summed E-state index contributed by atoms with van der Waals surface area (Å²) < 4.78 is 31.4. The number of rotatable bonds is 18. The van der Waals surface area contributed by atoms with Gasteiger partial charge in [0.1, 0.15) is 28.1 Å². The molecule has 0 saturated heterocycles. The van der Waals surface area contributed by atoms with Gasteiger partial charge in [0.25, 0.3) is 0 Å². The van der Waals surface area contributed by atoms with Gasteiger partial charge in [-0.1, -0.05) is 330 Å². The van der Waals surface area contributed by atoms with E-state index in [4.69, 9.17) is 8.83 Å². The molecule has 2 aromatic heterocycles. The van der Waals surface area contributed by atoms with E-state index in [1.807, 2.05) is 53.4 Å². The lowest BCUT2D eigenvalue weighted by Gasteiger charge is -2.29. The first-order chi connectivity index (χ1) is 66.4. The summed E-state index contributed by atoms with van der Waals surface area (Å²) in [6, 6.07) is 152. The zero-order chi connectivity index (χ0) is 92.1. The fraction of sp³-hybridized carbons (Fsp3) is 0.0866. The van der Waals surface area contributed by atoms with E-state index in [9.17, 15) is 0 Å². The van der Waals surface area contributed by atoms with E-state index in [2.05, 4.69) is 462 Å². The van der Waals surface area contributed by atoms with Crippen molar-refractivity contribution in [1.29, 1.82) is 0 Å². The Hall–Kier alpha value is -15.9. The van der Waals surface area contributed by atoms with Gasteiger partial charge in [0.2, 0.25) is 0 Å². The van der Waals surface area contributed by atoms with Crippen LogP contribution in [0.1, 0.15) is 42.9 Å². The number of hydrogen-bond acceptors (Lipinski definition) is 6. The first-order valence-corrected chi connectivity index (χ1v) is 54.3. The van der Waals surface area contributed by atoms with Crippen LogP contribution in [0.4, 0.5) is 72.6 Å². The Balaban J connectivity index is 0.000000153. The van der Waals surface area contributed by atoms with E-state index in [1.54, 1.807) is 6.07 Å². The summed E-state index contributed by atoms with van der Waals surface area (Å²) in [5.74, 6) is -0.190. The molecule has 0 fully saturated rings. The lowest BCUT2D eigenvalue weighted by molar-refractivity contribution is 0.625. The van der Waals surface area contributed by atoms with Crippen molar-refractivity contribution < 1.29 is 13.2 Å². The second-order valence-corrected chi connectivity index (χ2v) is 48.9. The second-order valence-electron chi connectivity index (χ2n) is 38.8. The Labute approximate surface area is 795 Å². The number of fused-ring (bicyclic) bond motifs is 19. The average molecular weight is 1790 g/mol. The molecule has 0 radical (unpaired) electrons. The number of halogens is 1. The molecule has 0 amide bonds. The standard InChI is InChI=1S/C65H51FN2OSi.C62H50N2OSi/c1-70(2,3)54-36-33-52(34-37-54)67(49-22-12-6-13-23-49)51-31-28-45(29-32-51)47-30-38-57-60(40-47)55-26-16-17-27-56(55)63-58-39-35-53(43-62(58)69-65(57)63)68(50-24-14-7-15-25-50)64-59(46-20-10-5-11-21-46)41-48(42-61(64)66)44-18-8-4-9-19-44;1-62(2)57-23-15-14-21-51(57)52-36-31-47(39-58(52)62)64(44-18-10-7-11-19-44)48-32-37-55-59(40-48)65-61-54-35-26-42(38-56(54)50-20-12-13-22-53(50)60(55)61)41-24-27-45(28-25-41)63(43-16-8-6-9-17-43)46-29-33-49(34-30-46)66(3,4)5/h4-18,20-44H,19H2,1-3H3;6-40H,1-5H3. The first-order valence-electron chi connectivity index (χ1n) is 47.3. The van der Waals surface area contributed by atoms with E-state index < -0.39 is 16.1 Å². The third-order valence-corrected chi connectivity index (χ3v) is 32.1. The van der Waals surface area contributed by atoms with Gasteiger partial charge >= 0.3 is 0 Å². The Morgan fingerprint density at radius 3 is 1.09 bits per heavy atom. The molecule has 6 nitrogen and oxygen atoms in total. The van der Waals surface area contributed by atoms with E-state index in [0.29, 0.717) is 5.69 Å². The van der Waals surface area contributed by atoms with Gasteiger partial charge < -0.3 is 28.4 Å². The normalized spacial score (nSPS) is 13.4. The minimum atomic E-state index is -1.45. The smallest absolute Gasteiger partial charge is 0.148 e. The van der Waals surface area contributed by atoms with Gasteiger partial charge in [-0.15, -0.1) is 0 Å². The van der Waals surface area contributed by atoms with Crippen molar-refractivity contribution in [3.8, 4) is 44.5 Å². The molecule has 0 spiro atoms. The van der Waals surface area contributed by atoms with Crippen LogP contribution in [0.15, 0.2) is 458 Å². The monoisotopic (exact) mass is 1790 g/mol. The zero-order valence-electron chi connectivity index (χ0n) is 77.5. The number of furan rings is 2. The Morgan fingerprint density at radius 1 is 0.272 bits per heavy atom. The van der Waals surface area contributed by atoms with Gasteiger partial charge in [-0.2, -0.15) is 0 Å². The summed E-state index contributed by atoms with van der Waals surface area (Å²) in [5.41, 5.74) is 28.1. The van der Waals surface area contributed by atoms with Crippen LogP contribution >= 0.6 is 0 Å². The summed E-state index contributed by atoms with van der Waals surface area (Å²) in [6.07, 6.45) is 9.25. The molecule has 136 heavy (non-hydrogen) atoms. The highest BCUT2D eigenvalue weighted by molar-refractivity contribution is 6.89. The van der Waals surface area contributed by atoms with Crippen LogP contribution in [0.2, 0.25) is 39.3 Å². The number of benzene rings is 20. The van der Waals surface area contributed by atoms with Crippen molar-refractivity contribution in [3.05, 3.63) is 471 Å². The molecule has 656 valence electrons. The van der Waals surface area contributed by atoms with Gasteiger partial charge in [-0.25, -0.2) is 4.39 Å². The lowest BCUT2D eigenvalue weighted by atomic mass is 9.82. The van der Waals surface area contributed by atoms with Gasteiger partial charge in [0, 0.05) is 118 Å². The van der Waals surface area contributed by atoms with Crippen molar-refractivity contribution in [2.75, 3.05) is 19.6 Å². The topological polar surface area (TPSA) is 39.2 Å². The first kappa shape index (κ1) is 84.4. The molecule has 0 aliphatic heterocycles. The Morgan fingerprint density at radius 2 is 0.632 bits per heavy atom. The molecule has 2 heterocycles. The Kier molecular flexibility index (Phi) is 21.3. The molecule has 0 bridgehead atoms. The van der Waals surface area contributed by atoms with Crippen LogP contribution < -0.4 is 30.0 Å². The van der Waals surface area contributed by atoms with Crippen LogP contribution in [0.5, 0.6) is 0 Å². The predicted octanol–water partition coefficient (Wildman–Crippen LogP) is 35.8. The molecule has 1 atom stereocenters. The molecular weight excluding hydrogens is 1690 g/mol. The molecule has 2 aliphatic carbocycles. The lowest BCUT2D eigenvalue weighted by Crippen LogP contribution is -2.37. The van der Waals surface area contributed by atoms with E-state index >= 15 is 4.39 Å². The third kappa shape index (κ3) is 15.2. The summed E-state index contributed by atoms with van der Waals surface area (Å²) in [4.78, 5) is 9.08. The highest BCUT2D eigenvalue weighted by Gasteiger charge is 2.37. The van der Waals surface area contributed by atoms with Crippen LogP contribution in [0.3, 0.4) is 0 Å². The van der Waals surface area contributed by atoms with Crippen molar-refractivity contribution in [2.45, 2.75) is 70.9 Å². The summed E-state index contributed by atoms with van der Waals surface area (Å²) in [5, 5.41) is 16.4. The molecule has 24 rings (SSSR count). The quantitative estimate of drug-likeness (QED) is 0.0630. The van der Waals surface area contributed by atoms with Crippen LogP contribution in [0.25, 0.3) is 131 Å². The van der Waals surface area contributed by atoms with Crippen molar-refractivity contribution in [2.24, 2.45) is 0 Å². The fourth-order valence-corrected chi connectivity index (χ4v) is 23.3. The molecule has 0 N–H and O–H groups in total. The molecular formula is C127H101FN4O2Si2. The van der Waals surface area contributed by atoms with Crippen LogP contribution in [0, 0.1) is 5.82 Å². The van der Waals surface area contributed by atoms with Gasteiger partial charge in [0.15, 0.2) is 0 Å². The average Bonchev–Trinajstić information content (AvgIpc) is 1.57. The van der Waals surface area contributed by atoms with Crippen LogP contribution in [-0.4, -0.2) is 16.1 Å². The molecule has 0 saturated carbocycles. The minimum Gasteiger partial charge on any atom is -0.455 e. The number of anilines is 12. The highest BCUT2D eigenvalue weighted by atomic mass is 28.3. The molecule has 22 aromatic rings. The number of nitrogens with zero attached hydrogens (tertiary/aromatic N) is 4. The zero-order valence-corrected chi connectivity index (χ0v) is 79.5. The maximum Gasteiger partial charge on any atom is 0.148 e. The molecule has 2 aliphatic rings.